The predicted molar refractivity (Wildman–Crippen MR) is 43.9 cm³/mol. The van der Waals surface area contributed by atoms with E-state index in [9.17, 15) is 0 Å². The molecular formula is C6H10Br2. The summed E-state index contributed by atoms with van der Waals surface area (Å²) in [5.41, 5.74) is 0. The Kier molecular flexibility index (Phi) is 2.84. The Hall–Kier alpha value is 0.960. The smallest absolute Gasteiger partial charge is 0.0182 e. The normalized spacial score (nSPS) is 23.2. The lowest BCUT2D eigenvalue weighted by atomic mass is 10.2. The standard InChI is InChI=1S/C6H10Br2/c7-4-3-6(8)5-1-2-5/h5-6H,1-4H2. The summed E-state index contributed by atoms with van der Waals surface area (Å²) in [6.45, 7) is 0. The topological polar surface area (TPSA) is 0 Å². The van der Waals surface area contributed by atoms with Crippen molar-refractivity contribution < 1.29 is 0 Å². The molecule has 48 valence electrons. The highest BCUT2D eigenvalue weighted by Gasteiger charge is 2.28. The number of halogens is 2. The van der Waals surface area contributed by atoms with Gasteiger partial charge >= 0.3 is 0 Å². The maximum absolute atomic E-state index is 3.63. The average Bonchev–Trinajstić information content (AvgIpc) is 2.45. The molecule has 0 heterocycles. The minimum atomic E-state index is 0.793. The van der Waals surface area contributed by atoms with Crippen molar-refractivity contribution in [1.29, 1.82) is 0 Å². The van der Waals surface area contributed by atoms with Gasteiger partial charge in [0.25, 0.3) is 0 Å². The first-order chi connectivity index (χ1) is 3.84. The zero-order valence-electron chi connectivity index (χ0n) is 4.74. The number of hydrogen-bond donors (Lipinski definition) is 0. The Morgan fingerprint density at radius 2 is 2.12 bits per heavy atom. The van der Waals surface area contributed by atoms with Crippen molar-refractivity contribution in [2.75, 3.05) is 5.33 Å². The van der Waals surface area contributed by atoms with E-state index in [1.165, 1.54) is 19.3 Å². The molecule has 8 heavy (non-hydrogen) atoms. The second kappa shape index (κ2) is 3.21. The van der Waals surface area contributed by atoms with E-state index < -0.39 is 0 Å². The van der Waals surface area contributed by atoms with Gasteiger partial charge in [-0.05, 0) is 25.2 Å². The van der Waals surface area contributed by atoms with E-state index in [0.29, 0.717) is 0 Å². The maximum atomic E-state index is 3.63. The highest BCUT2D eigenvalue weighted by molar-refractivity contribution is 9.10. The molecule has 0 saturated heterocycles. The van der Waals surface area contributed by atoms with Crippen molar-refractivity contribution in [2.24, 2.45) is 5.92 Å². The van der Waals surface area contributed by atoms with E-state index in [2.05, 4.69) is 31.9 Å². The fraction of sp³-hybridized carbons (Fsp3) is 1.00. The third kappa shape index (κ3) is 2.06. The highest BCUT2D eigenvalue weighted by Crippen LogP contribution is 2.38. The van der Waals surface area contributed by atoms with Crippen molar-refractivity contribution in [3.8, 4) is 0 Å². The van der Waals surface area contributed by atoms with E-state index in [1.54, 1.807) is 0 Å². The zero-order chi connectivity index (χ0) is 5.98. The minimum absolute atomic E-state index is 0.793. The lowest BCUT2D eigenvalue weighted by Gasteiger charge is -2.02. The van der Waals surface area contributed by atoms with Crippen LogP contribution in [0.2, 0.25) is 0 Å². The first-order valence-electron chi connectivity index (χ1n) is 3.04. The summed E-state index contributed by atoms with van der Waals surface area (Å²) in [4.78, 5) is 0.793. The predicted octanol–water partition coefficient (Wildman–Crippen LogP) is 2.94. The van der Waals surface area contributed by atoms with Gasteiger partial charge in [-0.15, -0.1) is 0 Å². The van der Waals surface area contributed by atoms with Crippen LogP contribution >= 0.6 is 31.9 Å². The van der Waals surface area contributed by atoms with E-state index in [-0.39, 0.29) is 0 Å². The maximum Gasteiger partial charge on any atom is 0.0182 e. The van der Waals surface area contributed by atoms with Gasteiger partial charge in [0.1, 0.15) is 0 Å². The fourth-order valence-corrected chi connectivity index (χ4v) is 2.66. The van der Waals surface area contributed by atoms with Gasteiger partial charge in [-0.25, -0.2) is 0 Å². The third-order valence-electron chi connectivity index (χ3n) is 1.52. The van der Waals surface area contributed by atoms with Gasteiger partial charge in [0.05, 0.1) is 0 Å². The monoisotopic (exact) mass is 240 g/mol. The Morgan fingerprint density at radius 3 is 2.50 bits per heavy atom. The molecule has 1 rings (SSSR count). The highest BCUT2D eigenvalue weighted by atomic mass is 79.9. The average molecular weight is 242 g/mol. The van der Waals surface area contributed by atoms with Crippen LogP contribution in [0.15, 0.2) is 0 Å². The van der Waals surface area contributed by atoms with Crippen LogP contribution in [0.4, 0.5) is 0 Å². The molecule has 0 amide bonds. The van der Waals surface area contributed by atoms with Gasteiger partial charge in [-0.1, -0.05) is 31.9 Å². The van der Waals surface area contributed by atoms with Crippen molar-refractivity contribution in [2.45, 2.75) is 24.1 Å². The van der Waals surface area contributed by atoms with Crippen LogP contribution < -0.4 is 0 Å². The molecule has 0 aromatic carbocycles. The lowest BCUT2D eigenvalue weighted by Crippen LogP contribution is -1.99. The molecular weight excluding hydrogens is 232 g/mol. The summed E-state index contributed by atoms with van der Waals surface area (Å²) >= 11 is 7.05. The van der Waals surface area contributed by atoms with Crippen LogP contribution in [0, 0.1) is 5.92 Å². The van der Waals surface area contributed by atoms with E-state index >= 15 is 0 Å². The fourth-order valence-electron chi connectivity index (χ4n) is 0.798. The second-order valence-corrected chi connectivity index (χ2v) is 4.30. The summed E-state index contributed by atoms with van der Waals surface area (Å²) in [6.07, 6.45) is 4.18. The van der Waals surface area contributed by atoms with Gasteiger partial charge in [0, 0.05) is 10.2 Å². The van der Waals surface area contributed by atoms with Gasteiger partial charge < -0.3 is 0 Å². The number of rotatable bonds is 3. The Balaban J connectivity index is 2.03. The van der Waals surface area contributed by atoms with Crippen LogP contribution in [0.5, 0.6) is 0 Å². The largest absolute Gasteiger partial charge is 0.0928 e. The molecule has 1 fully saturated rings. The molecule has 0 radical (unpaired) electrons. The molecule has 0 aromatic rings. The zero-order valence-corrected chi connectivity index (χ0v) is 7.91. The number of alkyl halides is 2. The SMILES string of the molecule is BrCCC(Br)C1CC1. The summed E-state index contributed by atoms with van der Waals surface area (Å²) in [5, 5.41) is 1.14. The molecule has 0 spiro atoms. The lowest BCUT2D eigenvalue weighted by molar-refractivity contribution is 0.749. The summed E-state index contributed by atoms with van der Waals surface area (Å²) in [7, 11) is 0. The van der Waals surface area contributed by atoms with Crippen LogP contribution in [0.1, 0.15) is 19.3 Å². The molecule has 1 atom stereocenters. The molecule has 0 N–H and O–H groups in total. The van der Waals surface area contributed by atoms with Crippen LogP contribution in [-0.4, -0.2) is 10.2 Å². The van der Waals surface area contributed by atoms with Crippen LogP contribution in [0.25, 0.3) is 0 Å². The van der Waals surface area contributed by atoms with Gasteiger partial charge in [0.15, 0.2) is 0 Å². The molecule has 0 aromatic heterocycles. The Bertz CT molecular complexity index is 68.9. The molecule has 2 heteroatoms. The molecule has 1 aliphatic rings. The molecule has 1 saturated carbocycles. The Morgan fingerprint density at radius 1 is 1.50 bits per heavy atom. The summed E-state index contributed by atoms with van der Waals surface area (Å²) in [5.74, 6) is 1.01. The molecule has 0 bridgehead atoms. The van der Waals surface area contributed by atoms with Gasteiger partial charge in [-0.2, -0.15) is 0 Å². The van der Waals surface area contributed by atoms with Gasteiger partial charge in [0.2, 0.25) is 0 Å². The van der Waals surface area contributed by atoms with E-state index in [0.717, 1.165) is 16.1 Å². The summed E-state index contributed by atoms with van der Waals surface area (Å²) in [6, 6.07) is 0. The first-order valence-corrected chi connectivity index (χ1v) is 5.08. The van der Waals surface area contributed by atoms with Crippen molar-refractivity contribution >= 4 is 31.9 Å². The third-order valence-corrected chi connectivity index (χ3v) is 3.18. The molecule has 0 nitrogen and oxygen atoms in total. The van der Waals surface area contributed by atoms with Crippen molar-refractivity contribution in [3.05, 3.63) is 0 Å². The van der Waals surface area contributed by atoms with E-state index in [4.69, 9.17) is 0 Å². The summed E-state index contributed by atoms with van der Waals surface area (Å²) < 4.78 is 0. The quantitative estimate of drug-likeness (QED) is 0.667. The molecule has 1 unspecified atom stereocenters. The van der Waals surface area contributed by atoms with Crippen molar-refractivity contribution in [1.82, 2.24) is 0 Å². The van der Waals surface area contributed by atoms with Gasteiger partial charge in [-0.3, -0.25) is 0 Å². The number of hydrogen-bond acceptors (Lipinski definition) is 0. The molecule has 0 aliphatic heterocycles. The van der Waals surface area contributed by atoms with Crippen LogP contribution in [0.3, 0.4) is 0 Å². The molecule has 1 aliphatic carbocycles. The first kappa shape index (κ1) is 7.07. The second-order valence-electron chi connectivity index (χ2n) is 2.33. The minimum Gasteiger partial charge on any atom is -0.0928 e. The van der Waals surface area contributed by atoms with E-state index in [1.807, 2.05) is 0 Å². The van der Waals surface area contributed by atoms with Crippen LogP contribution in [-0.2, 0) is 0 Å². The van der Waals surface area contributed by atoms with Crippen molar-refractivity contribution in [3.63, 3.8) is 0 Å². The Labute approximate surface area is 67.3 Å².